The molecule has 2 N–H and O–H groups in total. The average molecular weight is 504 g/mol. The maximum Gasteiger partial charge on any atom is 0.191 e. The van der Waals surface area contributed by atoms with Gasteiger partial charge in [0.2, 0.25) is 0 Å². The number of nitrogens with one attached hydrogen (secondary N) is 2. The van der Waals surface area contributed by atoms with Gasteiger partial charge < -0.3 is 24.7 Å². The minimum absolute atomic E-state index is 0. The molecule has 2 aliphatic rings. The summed E-state index contributed by atoms with van der Waals surface area (Å²) in [5, 5.41) is 6.93. The summed E-state index contributed by atoms with van der Waals surface area (Å²) in [6.45, 7) is 9.42. The number of halogens is 1. The zero-order chi connectivity index (χ0) is 18.7. The molecular formula is C21H37IN4O2. The van der Waals surface area contributed by atoms with Crippen molar-refractivity contribution < 1.29 is 9.15 Å². The van der Waals surface area contributed by atoms with Gasteiger partial charge in [-0.2, -0.15) is 0 Å². The molecule has 1 aromatic rings. The third-order valence-electron chi connectivity index (χ3n) is 5.54. The summed E-state index contributed by atoms with van der Waals surface area (Å²) in [5.74, 6) is 2.79. The lowest BCUT2D eigenvalue weighted by Gasteiger charge is -2.30. The molecule has 6 nitrogen and oxygen atoms in total. The first-order valence-corrected chi connectivity index (χ1v) is 10.7. The Balaban J connectivity index is 0.00000280. The van der Waals surface area contributed by atoms with Gasteiger partial charge in [-0.15, -0.1) is 24.0 Å². The van der Waals surface area contributed by atoms with Gasteiger partial charge in [0, 0.05) is 26.1 Å². The van der Waals surface area contributed by atoms with Crippen LogP contribution in [-0.4, -0.2) is 62.8 Å². The second kappa shape index (κ2) is 13.4. The zero-order valence-corrected chi connectivity index (χ0v) is 19.5. The van der Waals surface area contributed by atoms with Crippen LogP contribution in [0.15, 0.2) is 27.8 Å². The van der Waals surface area contributed by atoms with Crippen LogP contribution in [-0.2, 0) is 11.2 Å². The normalized spacial score (nSPS) is 21.5. The molecule has 0 radical (unpaired) electrons. The van der Waals surface area contributed by atoms with E-state index in [4.69, 9.17) is 14.1 Å². The molecule has 0 bridgehead atoms. The van der Waals surface area contributed by atoms with E-state index in [2.05, 4.69) is 22.5 Å². The second-order valence-corrected chi connectivity index (χ2v) is 7.88. The van der Waals surface area contributed by atoms with Crippen molar-refractivity contribution in [3.63, 3.8) is 0 Å². The van der Waals surface area contributed by atoms with Crippen molar-refractivity contribution in [1.82, 2.24) is 15.5 Å². The zero-order valence-electron chi connectivity index (χ0n) is 17.2. The number of rotatable bonds is 9. The molecule has 2 saturated heterocycles. The highest BCUT2D eigenvalue weighted by Gasteiger charge is 2.16. The Bertz CT molecular complexity index is 539. The first-order valence-electron chi connectivity index (χ1n) is 10.7. The van der Waals surface area contributed by atoms with Gasteiger partial charge in [-0.3, -0.25) is 4.99 Å². The molecule has 1 aromatic heterocycles. The maximum atomic E-state index is 5.70. The number of hydrogen-bond acceptors (Lipinski definition) is 4. The molecule has 2 fully saturated rings. The fourth-order valence-electron chi connectivity index (χ4n) is 3.71. The Hall–Kier alpha value is -0.800. The van der Waals surface area contributed by atoms with Crippen LogP contribution >= 0.6 is 24.0 Å². The Kier molecular flexibility index (Phi) is 11.3. The van der Waals surface area contributed by atoms with Crippen LogP contribution in [0.4, 0.5) is 0 Å². The molecule has 1 atom stereocenters. The summed E-state index contributed by atoms with van der Waals surface area (Å²) >= 11 is 0. The van der Waals surface area contributed by atoms with E-state index in [1.165, 1.54) is 32.5 Å². The van der Waals surface area contributed by atoms with Crippen LogP contribution < -0.4 is 10.6 Å². The molecule has 2 aliphatic heterocycles. The number of nitrogens with zero attached hydrogens (tertiary/aromatic N) is 2. The summed E-state index contributed by atoms with van der Waals surface area (Å²) in [5.41, 5.74) is 0. The van der Waals surface area contributed by atoms with Crippen molar-refractivity contribution in [1.29, 1.82) is 0 Å². The van der Waals surface area contributed by atoms with E-state index < -0.39 is 0 Å². The second-order valence-electron chi connectivity index (χ2n) is 7.88. The molecule has 0 saturated carbocycles. The molecule has 7 heteroatoms. The van der Waals surface area contributed by atoms with E-state index in [0.29, 0.717) is 0 Å². The van der Waals surface area contributed by atoms with Crippen molar-refractivity contribution in [2.24, 2.45) is 10.9 Å². The number of hydrogen-bond donors (Lipinski definition) is 2. The Morgan fingerprint density at radius 3 is 2.75 bits per heavy atom. The molecule has 0 amide bonds. The fraction of sp³-hybridized carbons (Fsp3) is 0.762. The maximum absolute atomic E-state index is 5.70. The minimum Gasteiger partial charge on any atom is -0.469 e. The Morgan fingerprint density at radius 2 is 2.04 bits per heavy atom. The van der Waals surface area contributed by atoms with E-state index in [0.717, 1.165) is 69.6 Å². The summed E-state index contributed by atoms with van der Waals surface area (Å²) in [6.07, 6.45) is 8.98. The molecule has 0 spiro atoms. The largest absolute Gasteiger partial charge is 0.469 e. The lowest BCUT2D eigenvalue weighted by molar-refractivity contribution is 0.117. The summed E-state index contributed by atoms with van der Waals surface area (Å²) in [7, 11) is 0. The van der Waals surface area contributed by atoms with Crippen LogP contribution in [0.25, 0.3) is 0 Å². The Morgan fingerprint density at radius 1 is 1.21 bits per heavy atom. The standard InChI is InChI=1S/C21H36N4O2.HI/c1-18-8-13-25(14-9-18)12-4-10-22-21(24-17-20-6-3-16-27-20)23-11-7-19-5-2-15-26-19;/h2,5,15,18,20H,3-4,6-14,16-17H2,1H3,(H2,22,23,24);1H. The first kappa shape index (κ1) is 23.5. The molecule has 1 unspecified atom stereocenters. The van der Waals surface area contributed by atoms with Crippen LogP contribution in [0.1, 0.15) is 44.8 Å². The topological polar surface area (TPSA) is 62.0 Å². The summed E-state index contributed by atoms with van der Waals surface area (Å²) in [6, 6.07) is 3.94. The predicted octanol–water partition coefficient (Wildman–Crippen LogP) is 3.28. The average Bonchev–Trinajstić information content (AvgIpc) is 3.38. The quantitative estimate of drug-likeness (QED) is 0.234. The van der Waals surface area contributed by atoms with Gasteiger partial charge in [0.05, 0.1) is 18.9 Å². The number of likely N-dealkylation sites (tertiary alicyclic amines) is 1. The highest BCUT2D eigenvalue weighted by Crippen LogP contribution is 2.15. The first-order chi connectivity index (χ1) is 13.3. The third-order valence-corrected chi connectivity index (χ3v) is 5.54. The molecule has 28 heavy (non-hydrogen) atoms. The van der Waals surface area contributed by atoms with Crippen LogP contribution in [0, 0.1) is 5.92 Å². The van der Waals surface area contributed by atoms with Gasteiger partial charge in [-0.25, -0.2) is 0 Å². The predicted molar refractivity (Wildman–Crippen MR) is 125 cm³/mol. The van der Waals surface area contributed by atoms with E-state index in [9.17, 15) is 0 Å². The molecular weight excluding hydrogens is 467 g/mol. The lowest BCUT2D eigenvalue weighted by atomic mass is 9.99. The van der Waals surface area contributed by atoms with Gasteiger partial charge >= 0.3 is 0 Å². The van der Waals surface area contributed by atoms with E-state index >= 15 is 0 Å². The molecule has 0 aromatic carbocycles. The highest BCUT2D eigenvalue weighted by molar-refractivity contribution is 14.0. The number of piperidine rings is 1. The number of ether oxygens (including phenoxy) is 1. The van der Waals surface area contributed by atoms with Crippen molar-refractivity contribution >= 4 is 29.9 Å². The van der Waals surface area contributed by atoms with E-state index in [1.54, 1.807) is 6.26 Å². The summed E-state index contributed by atoms with van der Waals surface area (Å²) in [4.78, 5) is 7.34. The number of aliphatic imine (C=N–C) groups is 1. The lowest BCUT2D eigenvalue weighted by Crippen LogP contribution is -2.41. The van der Waals surface area contributed by atoms with Gasteiger partial charge in [-0.05, 0) is 69.8 Å². The van der Waals surface area contributed by atoms with Crippen molar-refractivity contribution in [2.75, 3.05) is 45.9 Å². The minimum atomic E-state index is 0. The van der Waals surface area contributed by atoms with Crippen LogP contribution in [0.2, 0.25) is 0 Å². The van der Waals surface area contributed by atoms with Crippen molar-refractivity contribution in [3.05, 3.63) is 24.2 Å². The van der Waals surface area contributed by atoms with Gasteiger partial charge in [0.25, 0.3) is 0 Å². The Labute approximate surface area is 186 Å². The van der Waals surface area contributed by atoms with Crippen molar-refractivity contribution in [3.8, 4) is 0 Å². The fourth-order valence-corrected chi connectivity index (χ4v) is 3.71. The monoisotopic (exact) mass is 504 g/mol. The molecule has 0 aliphatic carbocycles. The summed E-state index contributed by atoms with van der Waals surface area (Å²) < 4.78 is 11.1. The molecule has 3 rings (SSSR count). The van der Waals surface area contributed by atoms with E-state index in [1.807, 2.05) is 12.1 Å². The van der Waals surface area contributed by atoms with Crippen LogP contribution in [0.3, 0.4) is 0 Å². The van der Waals surface area contributed by atoms with Gasteiger partial charge in [0.15, 0.2) is 5.96 Å². The number of guanidine groups is 1. The van der Waals surface area contributed by atoms with Crippen molar-refractivity contribution in [2.45, 2.75) is 51.6 Å². The van der Waals surface area contributed by atoms with Gasteiger partial charge in [-0.1, -0.05) is 6.92 Å². The van der Waals surface area contributed by atoms with E-state index in [-0.39, 0.29) is 30.1 Å². The highest BCUT2D eigenvalue weighted by atomic mass is 127. The molecule has 3 heterocycles. The van der Waals surface area contributed by atoms with Gasteiger partial charge in [0.1, 0.15) is 5.76 Å². The number of furan rings is 1. The molecule has 160 valence electrons. The smallest absolute Gasteiger partial charge is 0.191 e. The SMILES string of the molecule is CC1CCN(CCCNC(=NCC2CCCO2)NCCc2ccco2)CC1.I. The van der Waals surface area contributed by atoms with Crippen LogP contribution in [0.5, 0.6) is 0 Å². The third kappa shape index (κ3) is 8.69.